The number of hydrogen-bond donors (Lipinski definition) is 2. The first-order valence-electron chi connectivity index (χ1n) is 8.00. The highest BCUT2D eigenvalue weighted by atomic mass is 32.2. The van der Waals surface area contributed by atoms with E-state index in [4.69, 9.17) is 0 Å². The van der Waals surface area contributed by atoms with E-state index in [9.17, 15) is 0 Å². The van der Waals surface area contributed by atoms with Crippen molar-refractivity contribution in [1.29, 1.82) is 0 Å². The van der Waals surface area contributed by atoms with Crippen molar-refractivity contribution in [2.45, 2.75) is 19.4 Å². The van der Waals surface area contributed by atoms with Gasteiger partial charge in [-0.05, 0) is 49.6 Å². The first kappa shape index (κ1) is 17.6. The third-order valence-corrected chi connectivity index (χ3v) is 5.52. The van der Waals surface area contributed by atoms with Gasteiger partial charge < -0.3 is 10.6 Å². The molecule has 0 aromatic carbocycles. The lowest BCUT2D eigenvalue weighted by atomic mass is 9.97. The van der Waals surface area contributed by atoms with Crippen LogP contribution in [0.3, 0.4) is 0 Å². The Balaban J connectivity index is 1.62. The SMILES string of the molecule is CN=C(NCCSC)NCC1CCN(Cc2cccs2)CC1. The number of aliphatic imine (C=N–C) groups is 1. The van der Waals surface area contributed by atoms with Crippen LogP contribution in [0.2, 0.25) is 0 Å². The fraction of sp³-hybridized carbons (Fsp3) is 0.688. The molecule has 2 N–H and O–H groups in total. The second-order valence-electron chi connectivity index (χ2n) is 5.67. The van der Waals surface area contributed by atoms with Gasteiger partial charge in [-0.2, -0.15) is 11.8 Å². The van der Waals surface area contributed by atoms with Crippen LogP contribution in [0.5, 0.6) is 0 Å². The summed E-state index contributed by atoms with van der Waals surface area (Å²) >= 11 is 3.72. The van der Waals surface area contributed by atoms with E-state index in [1.165, 1.54) is 30.8 Å². The van der Waals surface area contributed by atoms with Crippen molar-refractivity contribution in [2.75, 3.05) is 45.2 Å². The Morgan fingerprint density at radius 1 is 1.41 bits per heavy atom. The van der Waals surface area contributed by atoms with Crippen LogP contribution in [-0.2, 0) is 6.54 Å². The molecular formula is C16H28N4S2. The van der Waals surface area contributed by atoms with Crippen LogP contribution in [0, 0.1) is 5.92 Å². The Hall–Kier alpha value is -0.720. The van der Waals surface area contributed by atoms with Gasteiger partial charge >= 0.3 is 0 Å². The minimum Gasteiger partial charge on any atom is -0.356 e. The highest BCUT2D eigenvalue weighted by molar-refractivity contribution is 7.98. The molecule has 0 unspecified atom stereocenters. The zero-order chi connectivity index (χ0) is 15.6. The van der Waals surface area contributed by atoms with Gasteiger partial charge in [-0.15, -0.1) is 11.3 Å². The van der Waals surface area contributed by atoms with Gasteiger partial charge in [0.2, 0.25) is 0 Å². The number of nitrogens with one attached hydrogen (secondary N) is 2. The van der Waals surface area contributed by atoms with Crippen LogP contribution in [0.25, 0.3) is 0 Å². The molecule has 2 heterocycles. The molecule has 0 aliphatic carbocycles. The Morgan fingerprint density at radius 3 is 2.86 bits per heavy atom. The zero-order valence-electron chi connectivity index (χ0n) is 13.7. The normalized spacial score (nSPS) is 17.6. The lowest BCUT2D eigenvalue weighted by Crippen LogP contribution is -2.43. The predicted octanol–water partition coefficient (Wildman–Crippen LogP) is 2.49. The highest BCUT2D eigenvalue weighted by Gasteiger charge is 2.19. The molecule has 1 aliphatic rings. The Labute approximate surface area is 142 Å². The van der Waals surface area contributed by atoms with E-state index in [0.29, 0.717) is 0 Å². The lowest BCUT2D eigenvalue weighted by Gasteiger charge is -2.32. The van der Waals surface area contributed by atoms with Crippen molar-refractivity contribution in [1.82, 2.24) is 15.5 Å². The molecule has 1 aromatic rings. The van der Waals surface area contributed by atoms with Crippen LogP contribution in [0.1, 0.15) is 17.7 Å². The third kappa shape index (κ3) is 6.18. The molecule has 0 amide bonds. The monoisotopic (exact) mass is 340 g/mol. The van der Waals surface area contributed by atoms with Crippen LogP contribution >= 0.6 is 23.1 Å². The molecular weight excluding hydrogens is 312 g/mol. The smallest absolute Gasteiger partial charge is 0.191 e. The summed E-state index contributed by atoms with van der Waals surface area (Å²) in [6, 6.07) is 4.38. The van der Waals surface area contributed by atoms with Gasteiger partial charge in [0.25, 0.3) is 0 Å². The first-order valence-corrected chi connectivity index (χ1v) is 10.3. The van der Waals surface area contributed by atoms with Crippen LogP contribution in [0.15, 0.2) is 22.5 Å². The van der Waals surface area contributed by atoms with Crippen molar-refractivity contribution >= 4 is 29.1 Å². The quantitative estimate of drug-likeness (QED) is 0.454. The molecule has 4 nitrogen and oxygen atoms in total. The molecule has 6 heteroatoms. The number of thioether (sulfide) groups is 1. The maximum absolute atomic E-state index is 4.29. The molecule has 0 bridgehead atoms. The summed E-state index contributed by atoms with van der Waals surface area (Å²) in [5.74, 6) is 2.82. The average molecular weight is 341 g/mol. The van der Waals surface area contributed by atoms with E-state index in [2.05, 4.69) is 44.3 Å². The predicted molar refractivity (Wildman–Crippen MR) is 100 cm³/mol. The second-order valence-corrected chi connectivity index (χ2v) is 7.69. The second kappa shape index (κ2) is 10.1. The molecule has 0 radical (unpaired) electrons. The first-order chi connectivity index (χ1) is 10.8. The molecule has 1 saturated heterocycles. The minimum absolute atomic E-state index is 0.763. The molecule has 1 fully saturated rings. The molecule has 124 valence electrons. The van der Waals surface area contributed by atoms with E-state index in [0.717, 1.165) is 37.3 Å². The van der Waals surface area contributed by atoms with E-state index in [1.54, 1.807) is 0 Å². The Bertz CT molecular complexity index is 425. The van der Waals surface area contributed by atoms with Crippen LogP contribution in [0.4, 0.5) is 0 Å². The summed E-state index contributed by atoms with van der Waals surface area (Å²) in [6.07, 6.45) is 4.68. The summed E-state index contributed by atoms with van der Waals surface area (Å²) in [7, 11) is 1.85. The number of piperidine rings is 1. The highest BCUT2D eigenvalue weighted by Crippen LogP contribution is 2.20. The van der Waals surface area contributed by atoms with Gasteiger partial charge in [0, 0.05) is 37.3 Å². The average Bonchev–Trinajstić information content (AvgIpc) is 3.05. The summed E-state index contributed by atoms with van der Waals surface area (Å²) in [4.78, 5) is 8.34. The van der Waals surface area contributed by atoms with Gasteiger partial charge in [0.1, 0.15) is 0 Å². The van der Waals surface area contributed by atoms with Crippen LogP contribution < -0.4 is 10.6 Å². The van der Waals surface area contributed by atoms with Gasteiger partial charge in [0.05, 0.1) is 0 Å². The number of nitrogens with zero attached hydrogens (tertiary/aromatic N) is 2. The van der Waals surface area contributed by atoms with Crippen molar-refractivity contribution in [3.8, 4) is 0 Å². The van der Waals surface area contributed by atoms with Crippen LogP contribution in [-0.4, -0.2) is 56.1 Å². The molecule has 0 saturated carbocycles. The Morgan fingerprint density at radius 2 is 2.23 bits per heavy atom. The molecule has 1 aliphatic heterocycles. The maximum Gasteiger partial charge on any atom is 0.191 e. The number of thiophene rings is 1. The van der Waals surface area contributed by atoms with Gasteiger partial charge in [-0.25, -0.2) is 0 Å². The number of rotatable bonds is 7. The van der Waals surface area contributed by atoms with Gasteiger partial charge in [-0.1, -0.05) is 6.07 Å². The summed E-state index contributed by atoms with van der Waals surface area (Å²) in [6.45, 7) is 5.55. The van der Waals surface area contributed by atoms with Crippen molar-refractivity contribution in [2.24, 2.45) is 10.9 Å². The summed E-state index contributed by atoms with van der Waals surface area (Å²) < 4.78 is 0. The molecule has 0 atom stereocenters. The molecule has 22 heavy (non-hydrogen) atoms. The third-order valence-electron chi connectivity index (χ3n) is 4.05. The largest absolute Gasteiger partial charge is 0.356 e. The van der Waals surface area contributed by atoms with Crippen molar-refractivity contribution in [3.63, 3.8) is 0 Å². The summed E-state index contributed by atoms with van der Waals surface area (Å²) in [5, 5.41) is 9.00. The Kier molecular flexibility index (Phi) is 8.12. The van der Waals surface area contributed by atoms with E-state index in [1.807, 2.05) is 30.1 Å². The fourth-order valence-electron chi connectivity index (χ4n) is 2.70. The molecule has 1 aromatic heterocycles. The zero-order valence-corrected chi connectivity index (χ0v) is 15.3. The van der Waals surface area contributed by atoms with Crippen molar-refractivity contribution < 1.29 is 0 Å². The fourth-order valence-corrected chi connectivity index (χ4v) is 3.76. The van der Waals surface area contributed by atoms with E-state index >= 15 is 0 Å². The van der Waals surface area contributed by atoms with E-state index < -0.39 is 0 Å². The topological polar surface area (TPSA) is 39.7 Å². The van der Waals surface area contributed by atoms with Gasteiger partial charge in [0.15, 0.2) is 5.96 Å². The maximum atomic E-state index is 4.29. The summed E-state index contributed by atoms with van der Waals surface area (Å²) in [5.41, 5.74) is 0. The van der Waals surface area contributed by atoms with E-state index in [-0.39, 0.29) is 0 Å². The lowest BCUT2D eigenvalue weighted by molar-refractivity contribution is 0.179. The standard InChI is InChI=1S/C16H28N4S2/c1-17-16(18-7-11-21-2)19-12-14-5-8-20(9-6-14)13-15-4-3-10-22-15/h3-4,10,14H,5-9,11-13H2,1-2H3,(H2,17,18,19). The molecule has 2 rings (SSSR count). The number of guanidine groups is 1. The number of hydrogen-bond acceptors (Lipinski definition) is 4. The van der Waals surface area contributed by atoms with Crippen molar-refractivity contribution in [3.05, 3.63) is 22.4 Å². The number of likely N-dealkylation sites (tertiary alicyclic amines) is 1. The van der Waals surface area contributed by atoms with Gasteiger partial charge in [-0.3, -0.25) is 9.89 Å². The molecule has 0 spiro atoms. The minimum atomic E-state index is 0.763.